The van der Waals surface area contributed by atoms with Crippen molar-refractivity contribution in [3.63, 3.8) is 0 Å². The van der Waals surface area contributed by atoms with Gasteiger partial charge in [0.1, 0.15) is 4.90 Å². The number of hydrogen-bond donors (Lipinski definition) is 1. The molecule has 1 heterocycles. The summed E-state index contributed by atoms with van der Waals surface area (Å²) in [7, 11) is -4.87. The van der Waals surface area contributed by atoms with Gasteiger partial charge in [0.15, 0.2) is 0 Å². The Morgan fingerprint density at radius 2 is 2.10 bits per heavy atom. The maximum atomic E-state index is 13.0. The predicted molar refractivity (Wildman–Crippen MR) is 70.2 cm³/mol. The molecular formula is C12H12FN3O3S. The van der Waals surface area contributed by atoms with Crippen LogP contribution in [-0.4, -0.2) is 23.9 Å². The van der Waals surface area contributed by atoms with Gasteiger partial charge in [-0.15, -0.1) is 3.89 Å². The molecule has 0 aliphatic carbocycles. The lowest BCUT2D eigenvalue weighted by molar-refractivity contribution is -0.116. The number of amides is 1. The Balaban J connectivity index is 2.05. The fourth-order valence-corrected chi connectivity index (χ4v) is 2.27. The molecule has 0 fully saturated rings. The van der Waals surface area contributed by atoms with Crippen molar-refractivity contribution < 1.29 is 17.1 Å². The topological polar surface area (TPSA) is 81.1 Å². The molecule has 0 bridgehead atoms. The van der Waals surface area contributed by atoms with Gasteiger partial charge in [0, 0.05) is 25.4 Å². The third kappa shape index (κ3) is 3.64. The van der Waals surface area contributed by atoms with E-state index in [1.165, 1.54) is 18.2 Å². The number of aryl methyl sites for hydroxylation is 1. The average molecular weight is 297 g/mol. The third-order valence-electron chi connectivity index (χ3n) is 2.58. The number of aromatic nitrogens is 2. The SMILES string of the molecule is O=C(CCn1ccnc1)Nc1ccccc1S(=O)(=O)F. The minimum Gasteiger partial charge on any atom is -0.337 e. The molecule has 6 nitrogen and oxygen atoms in total. The van der Waals surface area contributed by atoms with Gasteiger partial charge in [0.05, 0.1) is 12.0 Å². The summed E-state index contributed by atoms with van der Waals surface area (Å²) in [6.07, 6.45) is 4.97. The molecule has 0 aliphatic heterocycles. The molecule has 2 rings (SSSR count). The zero-order valence-electron chi connectivity index (χ0n) is 10.4. The van der Waals surface area contributed by atoms with Crippen molar-refractivity contribution in [2.24, 2.45) is 0 Å². The van der Waals surface area contributed by atoms with Crippen LogP contribution in [0.2, 0.25) is 0 Å². The Morgan fingerprint density at radius 1 is 1.35 bits per heavy atom. The lowest BCUT2D eigenvalue weighted by atomic mass is 10.3. The normalized spacial score (nSPS) is 11.2. The highest BCUT2D eigenvalue weighted by molar-refractivity contribution is 7.86. The standard InChI is InChI=1S/C12H12FN3O3S/c13-20(18,19)11-4-2-1-3-10(11)15-12(17)5-7-16-8-6-14-9-16/h1-4,6,8-9H,5,7H2,(H,15,17). The molecule has 0 saturated heterocycles. The molecule has 0 aliphatic rings. The van der Waals surface area contributed by atoms with E-state index in [9.17, 15) is 17.1 Å². The zero-order valence-corrected chi connectivity index (χ0v) is 11.2. The van der Waals surface area contributed by atoms with Gasteiger partial charge in [-0.2, -0.15) is 8.42 Å². The molecule has 1 aromatic heterocycles. The number of para-hydroxylation sites is 1. The number of nitrogens with zero attached hydrogens (tertiary/aromatic N) is 2. The number of halogens is 1. The fraction of sp³-hybridized carbons (Fsp3) is 0.167. The Bertz CT molecular complexity index is 698. The number of carbonyl (C=O) groups excluding carboxylic acids is 1. The summed E-state index contributed by atoms with van der Waals surface area (Å²) < 4.78 is 36.7. The highest BCUT2D eigenvalue weighted by atomic mass is 32.3. The second kappa shape index (κ2) is 5.83. The average Bonchev–Trinajstić information content (AvgIpc) is 2.89. The van der Waals surface area contributed by atoms with E-state index < -0.39 is 21.0 Å². The van der Waals surface area contributed by atoms with Gasteiger partial charge >= 0.3 is 10.2 Å². The van der Waals surface area contributed by atoms with Crippen LogP contribution in [0.3, 0.4) is 0 Å². The number of benzene rings is 1. The monoisotopic (exact) mass is 297 g/mol. The van der Waals surface area contributed by atoms with E-state index in [4.69, 9.17) is 0 Å². The Hall–Kier alpha value is -2.22. The van der Waals surface area contributed by atoms with E-state index in [2.05, 4.69) is 10.3 Å². The Labute approximate surface area is 115 Å². The van der Waals surface area contributed by atoms with Gasteiger partial charge in [-0.05, 0) is 12.1 Å². The van der Waals surface area contributed by atoms with Crippen LogP contribution in [0.15, 0.2) is 47.9 Å². The minimum absolute atomic E-state index is 0.0642. The number of carbonyl (C=O) groups is 1. The van der Waals surface area contributed by atoms with Crippen LogP contribution in [0.25, 0.3) is 0 Å². The minimum atomic E-state index is -4.87. The van der Waals surface area contributed by atoms with Crippen LogP contribution in [0.4, 0.5) is 9.57 Å². The number of rotatable bonds is 5. The fourth-order valence-electron chi connectivity index (χ4n) is 1.64. The predicted octanol–water partition coefficient (Wildman–Crippen LogP) is 1.57. The van der Waals surface area contributed by atoms with Gasteiger partial charge in [-0.25, -0.2) is 4.98 Å². The van der Waals surface area contributed by atoms with Crippen molar-refractivity contribution in [2.45, 2.75) is 17.9 Å². The lowest BCUT2D eigenvalue weighted by Crippen LogP contribution is -2.15. The molecule has 106 valence electrons. The smallest absolute Gasteiger partial charge is 0.334 e. The van der Waals surface area contributed by atoms with Crippen molar-refractivity contribution in [3.8, 4) is 0 Å². The zero-order chi connectivity index (χ0) is 14.6. The van der Waals surface area contributed by atoms with E-state index in [1.807, 2.05) is 0 Å². The van der Waals surface area contributed by atoms with Crippen LogP contribution in [0, 0.1) is 0 Å². The maximum absolute atomic E-state index is 13.0. The number of imidazole rings is 1. The highest BCUT2D eigenvalue weighted by Gasteiger charge is 2.17. The summed E-state index contributed by atoms with van der Waals surface area (Å²) in [5.74, 6) is -0.408. The second-order valence-corrected chi connectivity index (χ2v) is 5.35. The van der Waals surface area contributed by atoms with Gasteiger partial charge < -0.3 is 9.88 Å². The van der Waals surface area contributed by atoms with Gasteiger partial charge in [-0.3, -0.25) is 4.79 Å². The summed E-state index contributed by atoms with van der Waals surface area (Å²) in [4.78, 5) is 15.0. The van der Waals surface area contributed by atoms with Crippen molar-refractivity contribution in [1.82, 2.24) is 9.55 Å². The van der Waals surface area contributed by atoms with Gasteiger partial charge in [-0.1, -0.05) is 12.1 Å². The van der Waals surface area contributed by atoms with Crippen LogP contribution >= 0.6 is 0 Å². The molecule has 0 atom stereocenters. The molecular weight excluding hydrogens is 285 g/mol. The van der Waals surface area contributed by atoms with Gasteiger partial charge in [0.2, 0.25) is 5.91 Å². The second-order valence-electron chi connectivity index (χ2n) is 4.03. The number of anilines is 1. The first-order valence-electron chi connectivity index (χ1n) is 5.76. The largest absolute Gasteiger partial charge is 0.337 e. The third-order valence-corrected chi connectivity index (χ3v) is 3.46. The number of nitrogens with one attached hydrogen (secondary N) is 1. The quantitative estimate of drug-likeness (QED) is 0.849. The summed E-state index contributed by atoms with van der Waals surface area (Å²) in [5, 5.41) is 2.39. The van der Waals surface area contributed by atoms with Crippen LogP contribution < -0.4 is 5.32 Å². The first-order chi connectivity index (χ1) is 9.47. The van der Waals surface area contributed by atoms with Crippen LogP contribution in [-0.2, 0) is 21.6 Å². The number of hydrogen-bond acceptors (Lipinski definition) is 4. The maximum Gasteiger partial charge on any atom is 0.334 e. The van der Waals surface area contributed by atoms with Crippen molar-refractivity contribution in [1.29, 1.82) is 0 Å². The Kier molecular flexibility index (Phi) is 4.14. The summed E-state index contributed by atoms with van der Waals surface area (Å²) in [5.41, 5.74) is -0.0642. The van der Waals surface area contributed by atoms with E-state index in [1.54, 1.807) is 23.3 Å². The molecule has 2 aromatic rings. The first kappa shape index (κ1) is 14.2. The summed E-state index contributed by atoms with van der Waals surface area (Å²) >= 11 is 0. The first-order valence-corrected chi connectivity index (χ1v) is 7.14. The highest BCUT2D eigenvalue weighted by Crippen LogP contribution is 2.22. The molecule has 0 saturated carbocycles. The molecule has 1 aromatic carbocycles. The molecule has 0 radical (unpaired) electrons. The van der Waals surface area contributed by atoms with E-state index in [0.29, 0.717) is 6.54 Å². The Morgan fingerprint density at radius 3 is 2.75 bits per heavy atom. The summed E-state index contributed by atoms with van der Waals surface area (Å²) in [6.45, 7) is 0.399. The summed E-state index contributed by atoms with van der Waals surface area (Å²) in [6, 6.07) is 5.33. The lowest BCUT2D eigenvalue weighted by Gasteiger charge is -2.08. The van der Waals surface area contributed by atoms with Crippen molar-refractivity contribution >= 4 is 21.8 Å². The van der Waals surface area contributed by atoms with Crippen molar-refractivity contribution in [2.75, 3.05) is 5.32 Å². The van der Waals surface area contributed by atoms with E-state index in [-0.39, 0.29) is 12.1 Å². The van der Waals surface area contributed by atoms with Crippen LogP contribution in [0.5, 0.6) is 0 Å². The molecule has 20 heavy (non-hydrogen) atoms. The van der Waals surface area contributed by atoms with E-state index in [0.717, 1.165) is 6.07 Å². The van der Waals surface area contributed by atoms with E-state index >= 15 is 0 Å². The molecule has 1 amide bonds. The molecule has 1 N–H and O–H groups in total. The van der Waals surface area contributed by atoms with Gasteiger partial charge in [0.25, 0.3) is 0 Å². The van der Waals surface area contributed by atoms with Crippen molar-refractivity contribution in [3.05, 3.63) is 43.0 Å². The van der Waals surface area contributed by atoms with Crippen LogP contribution in [0.1, 0.15) is 6.42 Å². The molecule has 8 heteroatoms. The molecule has 0 unspecified atom stereocenters. The molecule has 0 spiro atoms.